The smallest absolute Gasteiger partial charge is 0 e. The molecule has 0 atom stereocenters. The van der Waals surface area contributed by atoms with Gasteiger partial charge in [-0.25, -0.2) is 0 Å². The molecular formula is C48H87Y18-9. The van der Waals surface area contributed by atoms with Crippen LogP contribution in [0.1, 0.15) is 63.8 Å². The van der Waals surface area contributed by atoms with Crippen LogP contribution in [0.25, 0.3) is 0 Å². The largest absolute Gasteiger partial charge is 0.358 e. The minimum Gasteiger partial charge on any atom is -0.358 e. The van der Waals surface area contributed by atoms with Crippen molar-refractivity contribution in [2.45, 2.75) is 63.8 Å². The van der Waals surface area contributed by atoms with Gasteiger partial charge in [-0.2, -0.15) is 0 Å². The number of hydrogen-bond donors (Lipinski definition) is 0. The van der Waals surface area contributed by atoms with E-state index in [1.165, 1.54) is 0 Å². The topological polar surface area (TPSA) is 0 Å². The Labute approximate surface area is 876 Å². The first kappa shape index (κ1) is 224. The van der Waals surface area contributed by atoms with Crippen molar-refractivity contribution in [2.24, 2.45) is 0 Å². The summed E-state index contributed by atoms with van der Waals surface area (Å²) in [5.74, 6) is 0. The molecule has 5 aromatic carbocycles. The molecular weight excluding hydrogens is 2180 g/mol. The fourth-order valence-corrected chi connectivity index (χ4v) is 1.92. The van der Waals surface area contributed by atoms with E-state index in [9.17, 15) is 0 Å². The molecule has 0 aliphatic rings. The molecule has 0 aliphatic carbocycles. The van der Waals surface area contributed by atoms with Crippen molar-refractivity contribution in [1.29, 1.82) is 0 Å². The van der Waals surface area contributed by atoms with Gasteiger partial charge in [-0.1, -0.05) is 246 Å². The second-order valence-electron chi connectivity index (χ2n) is 5.77. The fraction of sp³-hybridized carbons (Fsp3) is 0.188. The van der Waals surface area contributed by atoms with Gasteiger partial charge in [0.25, 0.3) is 0 Å². The first-order valence-corrected chi connectivity index (χ1v) is 13.0. The van der Waals surface area contributed by atoms with E-state index in [1.807, 2.05) is 224 Å². The molecule has 5 aromatic rings. The van der Waals surface area contributed by atoms with Gasteiger partial charge >= 0.3 is 0 Å². The third-order valence-electron chi connectivity index (χ3n) is 3.33. The van der Waals surface area contributed by atoms with E-state index in [0.29, 0.717) is 0 Å². The van der Waals surface area contributed by atoms with Crippen LogP contribution >= 0.6 is 0 Å². The fourth-order valence-electron chi connectivity index (χ4n) is 1.92. The van der Waals surface area contributed by atoms with Gasteiger partial charge < -0.3 is 66.8 Å². The third kappa shape index (κ3) is 236. The Morgan fingerprint density at radius 1 is 0.106 bits per heavy atom. The number of hydrogen-bond acceptors (Lipinski definition) is 0. The van der Waals surface area contributed by atoms with E-state index in [1.54, 1.807) is 0 Å². The minimum atomic E-state index is 0. The normalized spacial score (nSPS) is 3.91. The zero-order valence-electron chi connectivity index (χ0n) is 42.7. The predicted octanol–water partition coefficient (Wildman–Crippen LogP) is 17.4. The summed E-state index contributed by atoms with van der Waals surface area (Å²) in [7, 11) is 0. The summed E-state index contributed by atoms with van der Waals surface area (Å²) in [5, 5.41) is 0. The van der Waals surface area contributed by atoms with E-state index in [-0.39, 0.29) is 678 Å². The van der Waals surface area contributed by atoms with Crippen molar-refractivity contribution in [2.75, 3.05) is 0 Å². The SMILES string of the molecule is C.C.C.CC.CC.CC.[CH3-].[CH3-].[CH3-].[CH3-].[CH3-].[CH3-].[CH3-].[CH3-].[CH3-].[Y].[Y].[Y].[Y].[Y].[Y].[Y].[Y].[Y].[Y].[Y].[Y].[Y].[Y].[Y].[Y].[Y].[Y].c1ccccc1.c1ccccc1.c1ccccc1.c1ccccc1.c1ccccc1. The summed E-state index contributed by atoms with van der Waals surface area (Å²) in [5.41, 5.74) is 0. The summed E-state index contributed by atoms with van der Waals surface area (Å²) in [6, 6.07) is 60.0. The quantitative estimate of drug-likeness (QED) is 0.136. The van der Waals surface area contributed by atoms with Crippen molar-refractivity contribution < 1.29 is 589 Å². The van der Waals surface area contributed by atoms with Crippen molar-refractivity contribution >= 4 is 0 Å². The Morgan fingerprint density at radius 2 is 0.121 bits per heavy atom. The van der Waals surface area contributed by atoms with E-state index in [4.69, 9.17) is 0 Å². The van der Waals surface area contributed by atoms with Crippen LogP contribution in [0.2, 0.25) is 0 Å². The molecule has 0 heterocycles. The average Bonchev–Trinajstić information content (AvgIpc) is 3.06. The molecule has 0 aliphatic heterocycles. The summed E-state index contributed by atoms with van der Waals surface area (Å²) >= 11 is 0. The minimum absolute atomic E-state index is 0. The summed E-state index contributed by atoms with van der Waals surface area (Å²) in [4.78, 5) is 0. The number of benzene rings is 5. The van der Waals surface area contributed by atoms with Crippen molar-refractivity contribution in [3.63, 3.8) is 0 Å². The van der Waals surface area contributed by atoms with Gasteiger partial charge in [0.15, 0.2) is 0 Å². The Hall–Kier alpha value is 16.0. The van der Waals surface area contributed by atoms with E-state index >= 15 is 0 Å². The third-order valence-corrected chi connectivity index (χ3v) is 3.33. The first-order chi connectivity index (χ1) is 18.0. The first-order valence-electron chi connectivity index (χ1n) is 13.0. The standard InChI is InChI=1S/5C6H6.3C2H6.3CH4.9CH3.18Y/c5*1-2-4-6-5-3-1;3*1-2;;;;;;;;;;;;;;;;;;;;;;;;;;;;;;/h5*1-6H;3*1-2H3;3*1H4;9*1H3;;;;;;;;;;;;;;;;;;/q;;;;;;;;;;;9*-1;;;;;;;;;;;;;;;;;;. The van der Waals surface area contributed by atoms with Crippen LogP contribution in [0.5, 0.6) is 0 Å². The van der Waals surface area contributed by atoms with Gasteiger partial charge in [-0.15, -0.1) is 0 Å². The Kier molecular flexibility index (Phi) is 832. The molecule has 0 saturated heterocycles. The molecule has 0 spiro atoms. The molecule has 0 amide bonds. The molecule has 0 aromatic heterocycles. The van der Waals surface area contributed by atoms with E-state index in [2.05, 4.69) is 0 Å². The molecule has 0 fully saturated rings. The molecule has 18 heteroatoms. The van der Waals surface area contributed by atoms with Gasteiger partial charge in [-0.05, 0) is 0 Å². The van der Waals surface area contributed by atoms with E-state index in [0.717, 1.165) is 0 Å². The molecule has 0 N–H and O–H groups in total. The second-order valence-corrected chi connectivity index (χ2v) is 5.77. The maximum atomic E-state index is 2.00. The molecule has 66 heavy (non-hydrogen) atoms. The second kappa shape index (κ2) is 245. The maximum Gasteiger partial charge on any atom is 0 e. The van der Waals surface area contributed by atoms with E-state index < -0.39 is 0 Å². The molecule has 18 radical (unpaired) electrons. The van der Waals surface area contributed by atoms with Gasteiger partial charge in [0.2, 0.25) is 0 Å². The zero-order chi connectivity index (χ0) is 27.2. The number of rotatable bonds is 0. The van der Waals surface area contributed by atoms with Crippen molar-refractivity contribution in [3.8, 4) is 0 Å². The van der Waals surface area contributed by atoms with Crippen LogP contribution in [0, 0.1) is 66.8 Å². The zero-order valence-corrected chi connectivity index (χ0v) is 93.8. The van der Waals surface area contributed by atoms with Gasteiger partial charge in [0.05, 0.1) is 0 Å². The van der Waals surface area contributed by atoms with Gasteiger partial charge in [0, 0.05) is 589 Å². The molecule has 0 nitrogen and oxygen atoms in total. The molecule has 5 rings (SSSR count). The molecule has 0 saturated carbocycles. The predicted molar refractivity (Wildman–Crippen MR) is 244 cm³/mol. The van der Waals surface area contributed by atoms with Crippen LogP contribution in [-0.2, 0) is 589 Å². The van der Waals surface area contributed by atoms with Crippen LogP contribution in [0.15, 0.2) is 182 Å². The molecule has 0 unspecified atom stereocenters. The van der Waals surface area contributed by atoms with Crippen LogP contribution in [0.4, 0.5) is 0 Å². The van der Waals surface area contributed by atoms with Crippen LogP contribution in [-0.4, -0.2) is 0 Å². The van der Waals surface area contributed by atoms with Gasteiger partial charge in [-0.3, -0.25) is 0 Å². The summed E-state index contributed by atoms with van der Waals surface area (Å²) in [6.07, 6.45) is 0. The Bertz CT molecular complexity index is 598. The Morgan fingerprint density at radius 3 is 0.136 bits per heavy atom. The maximum absolute atomic E-state index is 2.00. The molecule has 342 valence electrons. The van der Waals surface area contributed by atoms with Crippen molar-refractivity contribution in [3.05, 3.63) is 249 Å². The Balaban J connectivity index is -0.00000000582. The van der Waals surface area contributed by atoms with Crippen LogP contribution in [0.3, 0.4) is 0 Å². The summed E-state index contributed by atoms with van der Waals surface area (Å²) < 4.78 is 0. The van der Waals surface area contributed by atoms with Crippen LogP contribution < -0.4 is 0 Å². The van der Waals surface area contributed by atoms with Crippen molar-refractivity contribution in [1.82, 2.24) is 0 Å². The summed E-state index contributed by atoms with van der Waals surface area (Å²) in [6.45, 7) is 12.0. The monoisotopic (exact) mass is 2260 g/mol. The molecule has 0 bridgehead atoms. The average molecular weight is 2260 g/mol. The van der Waals surface area contributed by atoms with Gasteiger partial charge in [0.1, 0.15) is 0 Å².